The fourth-order valence-electron chi connectivity index (χ4n) is 1.93. The predicted molar refractivity (Wildman–Crippen MR) is 74.1 cm³/mol. The molecule has 3 heteroatoms. The van der Waals surface area contributed by atoms with Gasteiger partial charge in [-0.2, -0.15) is 0 Å². The van der Waals surface area contributed by atoms with E-state index in [0.29, 0.717) is 5.92 Å². The third-order valence-electron chi connectivity index (χ3n) is 2.64. The van der Waals surface area contributed by atoms with Crippen LogP contribution in [0.5, 0.6) is 0 Å². The third-order valence-corrected chi connectivity index (χ3v) is 2.64. The van der Waals surface area contributed by atoms with E-state index in [4.69, 9.17) is 10.7 Å². The number of nitrogens with two attached hydrogens (primary N) is 1. The molecule has 0 aromatic carbocycles. The molecule has 1 rings (SSSR count). The van der Waals surface area contributed by atoms with E-state index in [1.54, 1.807) is 0 Å². The normalized spacial score (nSPS) is 12.1. The highest BCUT2D eigenvalue weighted by molar-refractivity contribution is 5.39. The first kappa shape index (κ1) is 13.8. The molecule has 17 heavy (non-hydrogen) atoms. The maximum atomic E-state index is 6.19. The van der Waals surface area contributed by atoms with Crippen LogP contribution in [0.3, 0.4) is 0 Å². The van der Waals surface area contributed by atoms with Gasteiger partial charge in [0.15, 0.2) is 0 Å². The maximum absolute atomic E-state index is 6.19. The number of rotatable bonds is 4. The molecule has 0 radical (unpaired) electrons. The van der Waals surface area contributed by atoms with Crippen molar-refractivity contribution in [3.8, 4) is 0 Å². The molecule has 0 amide bonds. The second kappa shape index (κ2) is 4.94. The van der Waals surface area contributed by atoms with Crippen molar-refractivity contribution in [3.05, 3.63) is 24.2 Å². The molecule has 3 nitrogen and oxygen atoms in total. The third kappa shape index (κ3) is 3.35. The van der Waals surface area contributed by atoms with E-state index in [0.717, 1.165) is 30.3 Å². The van der Waals surface area contributed by atoms with E-state index in [1.807, 2.05) is 6.08 Å². The molecule has 0 aliphatic rings. The standard InChI is InChI=1S/C14H25N3/c1-7-8-17-12(15)11(9-14(4,5)6)16-13(17)10(2)3/h7,10H,1,8-9,15H2,2-6H3. The summed E-state index contributed by atoms with van der Waals surface area (Å²) in [5.74, 6) is 2.23. The fraction of sp³-hybridized carbons (Fsp3) is 0.643. The quantitative estimate of drug-likeness (QED) is 0.813. The van der Waals surface area contributed by atoms with Crippen LogP contribution in [0.25, 0.3) is 0 Å². The van der Waals surface area contributed by atoms with Crippen LogP contribution < -0.4 is 5.73 Å². The van der Waals surface area contributed by atoms with Gasteiger partial charge < -0.3 is 10.3 Å². The van der Waals surface area contributed by atoms with Gasteiger partial charge in [0.25, 0.3) is 0 Å². The van der Waals surface area contributed by atoms with Gasteiger partial charge in [0, 0.05) is 12.5 Å². The van der Waals surface area contributed by atoms with Gasteiger partial charge in [-0.25, -0.2) is 4.98 Å². The lowest BCUT2D eigenvalue weighted by atomic mass is 9.90. The van der Waals surface area contributed by atoms with Crippen LogP contribution in [0, 0.1) is 5.41 Å². The lowest BCUT2D eigenvalue weighted by molar-refractivity contribution is 0.407. The number of anilines is 1. The van der Waals surface area contributed by atoms with Crippen LogP contribution >= 0.6 is 0 Å². The van der Waals surface area contributed by atoms with Crippen molar-refractivity contribution in [2.24, 2.45) is 5.41 Å². The Morgan fingerprint density at radius 3 is 2.41 bits per heavy atom. The van der Waals surface area contributed by atoms with Gasteiger partial charge in [0.05, 0.1) is 5.69 Å². The number of imidazole rings is 1. The molecule has 96 valence electrons. The van der Waals surface area contributed by atoms with Gasteiger partial charge in [-0.1, -0.05) is 40.7 Å². The highest BCUT2D eigenvalue weighted by Crippen LogP contribution is 2.27. The summed E-state index contributed by atoms with van der Waals surface area (Å²) in [7, 11) is 0. The maximum Gasteiger partial charge on any atom is 0.127 e. The fourth-order valence-corrected chi connectivity index (χ4v) is 1.93. The number of aromatic nitrogens is 2. The Hall–Kier alpha value is -1.25. The topological polar surface area (TPSA) is 43.8 Å². The minimum Gasteiger partial charge on any atom is -0.384 e. The van der Waals surface area contributed by atoms with Crippen molar-refractivity contribution in [2.75, 3.05) is 5.73 Å². The second-order valence-corrected chi connectivity index (χ2v) is 6.09. The summed E-state index contributed by atoms with van der Waals surface area (Å²) in [6, 6.07) is 0. The molecule has 0 atom stereocenters. The van der Waals surface area contributed by atoms with Crippen molar-refractivity contribution < 1.29 is 0 Å². The van der Waals surface area contributed by atoms with E-state index < -0.39 is 0 Å². The molecule has 1 heterocycles. The van der Waals surface area contributed by atoms with Gasteiger partial charge in [-0.15, -0.1) is 6.58 Å². The number of nitrogens with zero attached hydrogens (tertiary/aromatic N) is 2. The molecular weight excluding hydrogens is 210 g/mol. The monoisotopic (exact) mass is 235 g/mol. The Labute approximate surface area is 105 Å². The lowest BCUT2D eigenvalue weighted by Gasteiger charge is -2.16. The van der Waals surface area contributed by atoms with E-state index in [9.17, 15) is 0 Å². The first-order chi connectivity index (χ1) is 7.76. The van der Waals surface area contributed by atoms with Gasteiger partial charge in [0.2, 0.25) is 0 Å². The Kier molecular flexibility index (Phi) is 4.02. The molecule has 0 aliphatic heterocycles. The average molecular weight is 235 g/mol. The van der Waals surface area contributed by atoms with Gasteiger partial charge in [0.1, 0.15) is 11.6 Å². The summed E-state index contributed by atoms with van der Waals surface area (Å²) in [4.78, 5) is 4.70. The first-order valence-electron chi connectivity index (χ1n) is 6.22. The summed E-state index contributed by atoms with van der Waals surface area (Å²) >= 11 is 0. The van der Waals surface area contributed by atoms with E-state index in [-0.39, 0.29) is 5.41 Å². The van der Waals surface area contributed by atoms with Crippen molar-refractivity contribution in [2.45, 2.75) is 53.5 Å². The Morgan fingerprint density at radius 1 is 1.41 bits per heavy atom. The molecular formula is C14H25N3. The SMILES string of the molecule is C=CCn1c(C(C)C)nc(CC(C)(C)C)c1N. The summed E-state index contributed by atoms with van der Waals surface area (Å²) < 4.78 is 2.07. The van der Waals surface area contributed by atoms with Gasteiger partial charge >= 0.3 is 0 Å². The largest absolute Gasteiger partial charge is 0.384 e. The van der Waals surface area contributed by atoms with Gasteiger partial charge in [-0.05, 0) is 11.8 Å². The summed E-state index contributed by atoms with van der Waals surface area (Å²) in [5.41, 5.74) is 7.41. The van der Waals surface area contributed by atoms with E-state index >= 15 is 0 Å². The van der Waals surface area contributed by atoms with Crippen molar-refractivity contribution >= 4 is 5.82 Å². The first-order valence-corrected chi connectivity index (χ1v) is 6.22. The Balaban J connectivity index is 3.16. The number of nitrogen functional groups attached to an aromatic ring is 1. The van der Waals surface area contributed by atoms with Crippen molar-refractivity contribution in [1.29, 1.82) is 0 Å². The highest BCUT2D eigenvalue weighted by Gasteiger charge is 2.20. The number of allylic oxidation sites excluding steroid dienone is 1. The van der Waals surface area contributed by atoms with Crippen LogP contribution in [0.15, 0.2) is 12.7 Å². The molecule has 0 unspecified atom stereocenters. The van der Waals surface area contributed by atoms with Crippen LogP contribution in [0.1, 0.15) is 52.1 Å². The zero-order valence-electron chi connectivity index (χ0n) is 11.7. The van der Waals surface area contributed by atoms with E-state index in [2.05, 4.69) is 45.8 Å². The molecule has 1 aromatic rings. The zero-order chi connectivity index (χ0) is 13.2. The van der Waals surface area contributed by atoms with Crippen LogP contribution in [0.2, 0.25) is 0 Å². The molecule has 0 bridgehead atoms. The average Bonchev–Trinajstić information content (AvgIpc) is 2.44. The number of hydrogen-bond acceptors (Lipinski definition) is 2. The van der Waals surface area contributed by atoms with E-state index in [1.165, 1.54) is 0 Å². The molecule has 0 saturated carbocycles. The smallest absolute Gasteiger partial charge is 0.127 e. The predicted octanol–water partition coefficient (Wildman–Crippen LogP) is 3.36. The van der Waals surface area contributed by atoms with Crippen LogP contribution in [-0.2, 0) is 13.0 Å². The second-order valence-electron chi connectivity index (χ2n) is 6.09. The molecule has 1 aromatic heterocycles. The molecule has 0 spiro atoms. The van der Waals surface area contributed by atoms with Crippen molar-refractivity contribution in [3.63, 3.8) is 0 Å². The lowest BCUT2D eigenvalue weighted by Crippen LogP contribution is -2.12. The van der Waals surface area contributed by atoms with Gasteiger partial charge in [-0.3, -0.25) is 0 Å². The Bertz CT molecular complexity index is 394. The van der Waals surface area contributed by atoms with Crippen molar-refractivity contribution in [1.82, 2.24) is 9.55 Å². The van der Waals surface area contributed by atoms with Crippen LogP contribution in [-0.4, -0.2) is 9.55 Å². The molecule has 0 aliphatic carbocycles. The summed E-state index contributed by atoms with van der Waals surface area (Å²) in [6.07, 6.45) is 2.77. The molecule has 2 N–H and O–H groups in total. The minimum absolute atomic E-state index is 0.204. The molecule has 0 saturated heterocycles. The highest BCUT2D eigenvalue weighted by atomic mass is 15.1. The molecule has 0 fully saturated rings. The summed E-state index contributed by atoms with van der Waals surface area (Å²) in [6.45, 7) is 15.4. The zero-order valence-corrected chi connectivity index (χ0v) is 11.7. The summed E-state index contributed by atoms with van der Waals surface area (Å²) in [5, 5.41) is 0. The number of hydrogen-bond donors (Lipinski definition) is 1. The van der Waals surface area contributed by atoms with Crippen LogP contribution in [0.4, 0.5) is 5.82 Å². The minimum atomic E-state index is 0.204. The Morgan fingerprint density at radius 2 is 2.00 bits per heavy atom.